The molecule has 0 saturated heterocycles. The minimum Gasteiger partial charge on any atom is -0.310 e. The number of hydrogen-bond acceptors (Lipinski definition) is 1. The van der Waals surface area contributed by atoms with Crippen LogP contribution in [0.1, 0.15) is 29.7 Å². The first-order valence-electron chi connectivity index (χ1n) is 6.95. The van der Waals surface area contributed by atoms with E-state index in [1.54, 1.807) is 12.1 Å². The Hall–Kier alpha value is -0.710. The number of benzene rings is 2. The lowest BCUT2D eigenvalue weighted by Crippen LogP contribution is -2.23. The van der Waals surface area contributed by atoms with E-state index in [1.165, 1.54) is 17.2 Å². The van der Waals surface area contributed by atoms with Crippen LogP contribution in [0.5, 0.6) is 0 Å². The molecule has 112 valence electrons. The zero-order chi connectivity index (χ0) is 15.4. The van der Waals surface area contributed by atoms with Gasteiger partial charge in [0.1, 0.15) is 5.82 Å². The van der Waals surface area contributed by atoms with Crippen LogP contribution >= 0.6 is 31.9 Å². The summed E-state index contributed by atoms with van der Waals surface area (Å²) < 4.78 is 15.5. The summed E-state index contributed by atoms with van der Waals surface area (Å²) in [4.78, 5) is 0. The largest absolute Gasteiger partial charge is 0.310 e. The molecule has 0 heterocycles. The number of aryl methyl sites for hydroxylation is 1. The van der Waals surface area contributed by atoms with Crippen LogP contribution in [0.4, 0.5) is 4.39 Å². The summed E-state index contributed by atoms with van der Waals surface area (Å²) in [5.74, 6) is -0.202. The minimum atomic E-state index is -0.202. The fraction of sp³-hybridized carbons (Fsp3) is 0.294. The highest BCUT2D eigenvalue weighted by molar-refractivity contribution is 9.10. The van der Waals surface area contributed by atoms with Crippen molar-refractivity contribution >= 4 is 31.9 Å². The van der Waals surface area contributed by atoms with E-state index in [9.17, 15) is 4.39 Å². The van der Waals surface area contributed by atoms with Crippen molar-refractivity contribution in [3.05, 3.63) is 67.9 Å². The zero-order valence-electron chi connectivity index (χ0n) is 12.1. The highest BCUT2D eigenvalue weighted by Gasteiger charge is 2.16. The van der Waals surface area contributed by atoms with Crippen molar-refractivity contribution in [3.8, 4) is 0 Å². The number of rotatable bonds is 5. The zero-order valence-corrected chi connectivity index (χ0v) is 15.3. The fourth-order valence-electron chi connectivity index (χ4n) is 2.40. The summed E-state index contributed by atoms with van der Waals surface area (Å²) in [6, 6.07) is 11.2. The van der Waals surface area contributed by atoms with Gasteiger partial charge in [0.25, 0.3) is 0 Å². The van der Waals surface area contributed by atoms with E-state index in [4.69, 9.17) is 0 Å². The standard InChI is InChI=1S/C17H18Br2FN/c1-3-21-16(14-6-4-5-11(2)17(14)19)10-12-9-13(20)7-8-15(12)18/h4-9,16,21H,3,10H2,1-2H3. The molecular formula is C17H18Br2FN. The lowest BCUT2D eigenvalue weighted by molar-refractivity contribution is 0.543. The second-order valence-electron chi connectivity index (χ2n) is 5.03. The maximum absolute atomic E-state index is 13.5. The van der Waals surface area contributed by atoms with E-state index in [0.29, 0.717) is 0 Å². The molecular weight excluding hydrogens is 397 g/mol. The molecule has 0 aromatic heterocycles. The Kier molecular flexibility index (Phi) is 5.97. The van der Waals surface area contributed by atoms with Gasteiger partial charge in [0, 0.05) is 15.0 Å². The second kappa shape index (κ2) is 7.52. The topological polar surface area (TPSA) is 12.0 Å². The van der Waals surface area contributed by atoms with Gasteiger partial charge in [-0.25, -0.2) is 4.39 Å². The third-order valence-electron chi connectivity index (χ3n) is 3.48. The summed E-state index contributed by atoms with van der Waals surface area (Å²) in [6.45, 7) is 5.02. The van der Waals surface area contributed by atoms with Crippen LogP contribution in [0.25, 0.3) is 0 Å². The smallest absolute Gasteiger partial charge is 0.123 e. The molecule has 0 fully saturated rings. The second-order valence-corrected chi connectivity index (χ2v) is 6.68. The number of halogens is 3. The SMILES string of the molecule is CCNC(Cc1cc(F)ccc1Br)c1cccc(C)c1Br. The molecule has 0 saturated carbocycles. The van der Waals surface area contributed by atoms with Crippen LogP contribution < -0.4 is 5.32 Å². The molecule has 0 aliphatic rings. The molecule has 4 heteroatoms. The predicted molar refractivity (Wildman–Crippen MR) is 93.1 cm³/mol. The van der Waals surface area contributed by atoms with Crippen LogP contribution in [0.2, 0.25) is 0 Å². The van der Waals surface area contributed by atoms with Crippen molar-refractivity contribution in [2.45, 2.75) is 26.3 Å². The fourth-order valence-corrected chi connectivity index (χ4v) is 3.35. The average molecular weight is 415 g/mol. The van der Waals surface area contributed by atoms with Gasteiger partial charge in [-0.2, -0.15) is 0 Å². The molecule has 2 aromatic carbocycles. The van der Waals surface area contributed by atoms with Gasteiger partial charge >= 0.3 is 0 Å². The van der Waals surface area contributed by atoms with E-state index >= 15 is 0 Å². The average Bonchev–Trinajstić information content (AvgIpc) is 2.45. The normalized spacial score (nSPS) is 12.4. The van der Waals surface area contributed by atoms with E-state index < -0.39 is 0 Å². The van der Waals surface area contributed by atoms with Gasteiger partial charge in [0.05, 0.1) is 0 Å². The Bertz CT molecular complexity index is 628. The van der Waals surface area contributed by atoms with E-state index in [1.807, 2.05) is 0 Å². The van der Waals surface area contributed by atoms with Gasteiger partial charge < -0.3 is 5.32 Å². The minimum absolute atomic E-state index is 0.141. The van der Waals surface area contributed by atoms with E-state index in [-0.39, 0.29) is 11.9 Å². The summed E-state index contributed by atoms with van der Waals surface area (Å²) in [5, 5.41) is 3.49. The molecule has 1 nitrogen and oxygen atoms in total. The van der Waals surface area contributed by atoms with Gasteiger partial charge in [-0.3, -0.25) is 0 Å². The molecule has 0 radical (unpaired) electrons. The van der Waals surface area contributed by atoms with Crippen molar-refractivity contribution in [3.63, 3.8) is 0 Å². The van der Waals surface area contributed by atoms with Gasteiger partial charge in [0.2, 0.25) is 0 Å². The van der Waals surface area contributed by atoms with Crippen molar-refractivity contribution in [1.29, 1.82) is 0 Å². The molecule has 0 aliphatic carbocycles. The van der Waals surface area contributed by atoms with Gasteiger partial charge in [-0.05, 0) is 54.8 Å². The Labute approximate surface area is 142 Å². The quantitative estimate of drug-likeness (QED) is 0.675. The molecule has 2 rings (SSSR count). The highest BCUT2D eigenvalue weighted by Crippen LogP contribution is 2.30. The molecule has 0 aliphatic heterocycles. The molecule has 2 aromatic rings. The van der Waals surface area contributed by atoms with Crippen molar-refractivity contribution < 1.29 is 4.39 Å². The molecule has 1 atom stereocenters. The Morgan fingerprint density at radius 3 is 2.67 bits per heavy atom. The molecule has 21 heavy (non-hydrogen) atoms. The molecule has 1 unspecified atom stereocenters. The molecule has 0 spiro atoms. The van der Waals surface area contributed by atoms with Crippen molar-refractivity contribution in [1.82, 2.24) is 5.32 Å². The van der Waals surface area contributed by atoms with Gasteiger partial charge in [-0.1, -0.05) is 57.0 Å². The van der Waals surface area contributed by atoms with Crippen molar-refractivity contribution in [2.24, 2.45) is 0 Å². The first-order chi connectivity index (χ1) is 10.0. The Morgan fingerprint density at radius 2 is 1.95 bits per heavy atom. The van der Waals surface area contributed by atoms with Crippen LogP contribution in [-0.4, -0.2) is 6.54 Å². The van der Waals surface area contributed by atoms with Gasteiger partial charge in [0.15, 0.2) is 0 Å². The lowest BCUT2D eigenvalue weighted by atomic mass is 9.97. The predicted octanol–water partition coefficient (Wildman–Crippen LogP) is 5.55. The summed E-state index contributed by atoms with van der Waals surface area (Å²) >= 11 is 7.18. The Balaban J connectivity index is 2.35. The first-order valence-corrected chi connectivity index (χ1v) is 8.53. The molecule has 1 N–H and O–H groups in total. The molecule has 0 bridgehead atoms. The van der Waals surface area contributed by atoms with Crippen LogP contribution in [0.3, 0.4) is 0 Å². The number of hydrogen-bond donors (Lipinski definition) is 1. The van der Waals surface area contributed by atoms with Crippen LogP contribution in [-0.2, 0) is 6.42 Å². The van der Waals surface area contributed by atoms with Gasteiger partial charge in [-0.15, -0.1) is 0 Å². The number of nitrogens with one attached hydrogen (secondary N) is 1. The molecule has 0 amide bonds. The summed E-state index contributed by atoms with van der Waals surface area (Å²) in [5.41, 5.74) is 3.37. The monoisotopic (exact) mass is 413 g/mol. The first kappa shape index (κ1) is 16.7. The maximum atomic E-state index is 13.5. The van der Waals surface area contributed by atoms with Crippen molar-refractivity contribution in [2.75, 3.05) is 6.54 Å². The van der Waals surface area contributed by atoms with E-state index in [2.05, 4.69) is 69.2 Å². The summed E-state index contributed by atoms with van der Waals surface area (Å²) in [6.07, 6.45) is 0.730. The maximum Gasteiger partial charge on any atom is 0.123 e. The van der Waals surface area contributed by atoms with Crippen LogP contribution in [0.15, 0.2) is 45.3 Å². The summed E-state index contributed by atoms with van der Waals surface area (Å²) in [7, 11) is 0. The van der Waals surface area contributed by atoms with Crippen LogP contribution in [0, 0.1) is 12.7 Å². The van der Waals surface area contributed by atoms with E-state index in [0.717, 1.165) is 27.5 Å². The highest BCUT2D eigenvalue weighted by atomic mass is 79.9. The lowest BCUT2D eigenvalue weighted by Gasteiger charge is -2.21. The Morgan fingerprint density at radius 1 is 1.19 bits per heavy atom. The third kappa shape index (κ3) is 4.15. The third-order valence-corrected chi connectivity index (χ3v) is 5.34. The number of likely N-dealkylation sites (N-methyl/N-ethyl adjacent to an activating group) is 1.